The molecule has 0 amide bonds. The van der Waals surface area contributed by atoms with Crippen molar-refractivity contribution in [3.8, 4) is 5.75 Å². The molecule has 0 aliphatic heterocycles. The van der Waals surface area contributed by atoms with Crippen LogP contribution < -0.4 is 10.3 Å². The van der Waals surface area contributed by atoms with Crippen LogP contribution in [0.15, 0.2) is 21.5 Å². The Morgan fingerprint density at radius 1 is 1.50 bits per heavy atom. The summed E-state index contributed by atoms with van der Waals surface area (Å²) in [5.74, 6) is -0.767. The largest absolute Gasteiger partial charge is 0.486 e. The number of halogens is 2. The molecule has 0 saturated heterocycles. The second-order valence-electron chi connectivity index (χ2n) is 4.49. The van der Waals surface area contributed by atoms with E-state index >= 15 is 0 Å². The summed E-state index contributed by atoms with van der Waals surface area (Å²) in [4.78, 5) is 28.8. The Bertz CT molecular complexity index is 776. The number of hydrogen-bond acceptors (Lipinski definition) is 5. The summed E-state index contributed by atoms with van der Waals surface area (Å²) in [6.45, 7) is 2.35. The predicted molar refractivity (Wildman–Crippen MR) is 93.6 cm³/mol. The molecule has 0 bridgehead atoms. The summed E-state index contributed by atoms with van der Waals surface area (Å²) in [6, 6.07) is 1.81. The molecule has 0 unspecified atom stereocenters. The zero-order valence-electron chi connectivity index (χ0n) is 12.1. The minimum atomic E-state index is -0.690. The molecular formula is C14H14BrIN2O4. The van der Waals surface area contributed by atoms with Crippen LogP contribution in [-0.2, 0) is 4.74 Å². The summed E-state index contributed by atoms with van der Waals surface area (Å²) >= 11 is 5.40. The van der Waals surface area contributed by atoms with Crippen molar-refractivity contribution in [2.45, 2.75) is 19.8 Å². The van der Waals surface area contributed by atoms with Crippen LogP contribution in [0, 0.1) is 3.57 Å². The smallest absolute Gasteiger partial charge is 0.360 e. The third kappa shape index (κ3) is 3.43. The van der Waals surface area contributed by atoms with E-state index in [0.29, 0.717) is 12.3 Å². The number of carbonyl (C=O) groups excluding carboxylic acids is 1. The second-order valence-corrected chi connectivity index (χ2v) is 6.57. The van der Waals surface area contributed by atoms with Crippen LogP contribution in [0.1, 0.15) is 30.3 Å². The van der Waals surface area contributed by atoms with Gasteiger partial charge >= 0.3 is 11.5 Å². The molecule has 2 rings (SSSR count). The number of hydrogen-bond donors (Lipinski definition) is 0. The summed E-state index contributed by atoms with van der Waals surface area (Å²) < 4.78 is 13.0. The lowest BCUT2D eigenvalue weighted by molar-refractivity contribution is 0.0588. The van der Waals surface area contributed by atoms with Crippen molar-refractivity contribution in [3.05, 3.63) is 36.4 Å². The van der Waals surface area contributed by atoms with E-state index in [-0.39, 0.29) is 11.4 Å². The van der Waals surface area contributed by atoms with Gasteiger partial charge in [0.25, 0.3) is 0 Å². The Morgan fingerprint density at radius 3 is 2.86 bits per heavy atom. The van der Waals surface area contributed by atoms with E-state index in [1.54, 1.807) is 12.3 Å². The quantitative estimate of drug-likeness (QED) is 0.373. The van der Waals surface area contributed by atoms with Crippen molar-refractivity contribution in [1.82, 2.24) is 9.38 Å². The second kappa shape index (κ2) is 7.40. The van der Waals surface area contributed by atoms with Crippen molar-refractivity contribution in [1.29, 1.82) is 0 Å². The van der Waals surface area contributed by atoms with Crippen LogP contribution >= 0.6 is 38.5 Å². The molecule has 0 fully saturated rings. The van der Waals surface area contributed by atoms with Gasteiger partial charge in [0, 0.05) is 10.7 Å². The Hall–Kier alpha value is -1.16. The highest BCUT2D eigenvalue weighted by Crippen LogP contribution is 2.21. The molecule has 0 atom stereocenters. The molecule has 0 N–H and O–H groups in total. The van der Waals surface area contributed by atoms with Crippen LogP contribution in [-0.4, -0.2) is 29.1 Å². The number of fused-ring (bicyclic) bond motifs is 1. The molecule has 2 aromatic heterocycles. The number of aromatic nitrogens is 2. The van der Waals surface area contributed by atoms with Crippen LogP contribution in [0.4, 0.5) is 0 Å². The summed E-state index contributed by atoms with van der Waals surface area (Å²) in [5.41, 5.74) is -0.137. The molecule has 0 saturated carbocycles. The van der Waals surface area contributed by atoms with E-state index in [1.165, 1.54) is 11.5 Å². The monoisotopic (exact) mass is 480 g/mol. The number of pyridine rings is 1. The first-order chi connectivity index (χ1) is 10.5. The number of nitrogens with zero attached hydrogens (tertiary/aromatic N) is 2. The fourth-order valence-corrected chi connectivity index (χ4v) is 3.41. The van der Waals surface area contributed by atoms with Gasteiger partial charge in [0.15, 0.2) is 11.3 Å². The van der Waals surface area contributed by atoms with E-state index in [1.807, 2.05) is 6.92 Å². The van der Waals surface area contributed by atoms with Gasteiger partial charge in [-0.05, 0) is 51.0 Å². The molecule has 2 aromatic rings. The number of methoxy groups -OCH3 is 1. The first kappa shape index (κ1) is 17.2. The fraction of sp³-hybridized carbons (Fsp3) is 0.357. The summed E-state index contributed by atoms with van der Waals surface area (Å²) in [6.07, 6.45) is 3.29. The van der Waals surface area contributed by atoms with Crippen molar-refractivity contribution >= 4 is 50.1 Å². The Kier molecular flexibility index (Phi) is 5.79. The highest BCUT2D eigenvalue weighted by atomic mass is 127. The molecule has 0 aliphatic carbocycles. The van der Waals surface area contributed by atoms with Crippen molar-refractivity contribution < 1.29 is 14.3 Å². The molecule has 6 nitrogen and oxygen atoms in total. The molecule has 0 spiro atoms. The summed E-state index contributed by atoms with van der Waals surface area (Å²) in [5, 5.41) is 0. The molecular weight excluding hydrogens is 467 g/mol. The van der Waals surface area contributed by atoms with E-state index < -0.39 is 11.5 Å². The number of rotatable bonds is 5. The van der Waals surface area contributed by atoms with Gasteiger partial charge < -0.3 is 9.47 Å². The molecule has 8 heteroatoms. The van der Waals surface area contributed by atoms with Crippen molar-refractivity contribution in [2.75, 3.05) is 13.7 Å². The topological polar surface area (TPSA) is 69.9 Å². The maximum Gasteiger partial charge on any atom is 0.360 e. The van der Waals surface area contributed by atoms with Crippen LogP contribution in [0.3, 0.4) is 0 Å². The van der Waals surface area contributed by atoms with Gasteiger partial charge in [0.05, 0.1) is 17.3 Å². The third-order valence-corrected chi connectivity index (χ3v) is 4.16. The minimum absolute atomic E-state index is 0.0771. The van der Waals surface area contributed by atoms with Gasteiger partial charge in [0.1, 0.15) is 0 Å². The normalized spacial score (nSPS) is 10.7. The number of ether oxygens (including phenoxy) is 2. The molecule has 22 heavy (non-hydrogen) atoms. The van der Waals surface area contributed by atoms with Crippen LogP contribution in [0.2, 0.25) is 0 Å². The van der Waals surface area contributed by atoms with E-state index in [0.717, 1.165) is 20.9 Å². The molecule has 118 valence electrons. The Labute approximate surface area is 149 Å². The average molecular weight is 481 g/mol. The van der Waals surface area contributed by atoms with Crippen molar-refractivity contribution in [2.24, 2.45) is 0 Å². The molecule has 0 radical (unpaired) electrons. The first-order valence-corrected chi connectivity index (χ1v) is 8.49. The van der Waals surface area contributed by atoms with Crippen LogP contribution in [0.25, 0.3) is 5.65 Å². The van der Waals surface area contributed by atoms with Gasteiger partial charge in [-0.15, -0.1) is 0 Å². The van der Waals surface area contributed by atoms with Crippen LogP contribution in [0.5, 0.6) is 5.75 Å². The zero-order valence-corrected chi connectivity index (χ0v) is 15.8. The lowest BCUT2D eigenvalue weighted by atomic mass is 10.3. The van der Waals surface area contributed by atoms with Crippen molar-refractivity contribution in [3.63, 3.8) is 0 Å². The van der Waals surface area contributed by atoms with Gasteiger partial charge in [-0.1, -0.05) is 13.3 Å². The van der Waals surface area contributed by atoms with E-state index in [2.05, 4.69) is 43.5 Å². The first-order valence-electron chi connectivity index (χ1n) is 6.62. The summed E-state index contributed by atoms with van der Waals surface area (Å²) in [7, 11) is 1.24. The maximum atomic E-state index is 12.6. The predicted octanol–water partition coefficient (Wildman–Crippen LogP) is 3.03. The van der Waals surface area contributed by atoms with E-state index in [9.17, 15) is 9.59 Å². The molecule has 0 aliphatic rings. The maximum absolute atomic E-state index is 12.6. The lowest BCUT2D eigenvalue weighted by Crippen LogP contribution is -2.24. The molecule has 0 aromatic carbocycles. The average Bonchev–Trinajstić information content (AvgIpc) is 2.49. The van der Waals surface area contributed by atoms with Gasteiger partial charge in [0.2, 0.25) is 5.75 Å². The van der Waals surface area contributed by atoms with Gasteiger partial charge in [-0.2, -0.15) is 0 Å². The molecule has 2 heterocycles. The van der Waals surface area contributed by atoms with Gasteiger partial charge in [-0.25, -0.2) is 9.78 Å². The standard InChI is InChI=1S/C14H14BrIN2O4/c1-3-4-5-22-11-10(14(20)21-2)17-12-9(16)6-8(15)7-18(12)13(11)19/h6-7H,3-5H2,1-2H3. The number of unbranched alkanes of at least 4 members (excludes halogenated alkanes) is 1. The van der Waals surface area contributed by atoms with Gasteiger partial charge in [-0.3, -0.25) is 9.20 Å². The highest BCUT2D eigenvalue weighted by Gasteiger charge is 2.22. The number of esters is 1. The third-order valence-electron chi connectivity index (χ3n) is 2.93. The minimum Gasteiger partial charge on any atom is -0.486 e. The highest BCUT2D eigenvalue weighted by molar-refractivity contribution is 14.1. The Balaban J connectivity index is 2.70. The SMILES string of the molecule is CCCCOc1c(C(=O)OC)nc2c(I)cc(Br)cn2c1=O. The Morgan fingerprint density at radius 2 is 2.23 bits per heavy atom. The lowest BCUT2D eigenvalue weighted by Gasteiger charge is -2.11. The van der Waals surface area contributed by atoms with E-state index in [4.69, 9.17) is 9.47 Å². The fourth-order valence-electron chi connectivity index (χ4n) is 1.84. The zero-order chi connectivity index (χ0) is 16.3. The number of carbonyl (C=O) groups is 1.